The summed E-state index contributed by atoms with van der Waals surface area (Å²) >= 11 is 1.27. The molecular weight excluding hydrogens is 617 g/mol. The van der Waals surface area contributed by atoms with Crippen molar-refractivity contribution < 1.29 is 27.5 Å². The van der Waals surface area contributed by atoms with E-state index in [9.17, 15) is 22.8 Å². The van der Waals surface area contributed by atoms with Crippen LogP contribution < -0.4 is 15.0 Å². The zero-order valence-electron chi connectivity index (χ0n) is 25.3. The molecule has 2 unspecified atom stereocenters. The van der Waals surface area contributed by atoms with Gasteiger partial charge in [-0.3, -0.25) is 9.69 Å². The summed E-state index contributed by atoms with van der Waals surface area (Å²) in [6, 6.07) is 18.8. The number of nitrogens with one attached hydrogen (secondary N) is 1. The number of rotatable bonds is 8. The van der Waals surface area contributed by atoms with Crippen LogP contribution in [0.2, 0.25) is 0 Å². The maximum atomic E-state index is 12.8. The van der Waals surface area contributed by atoms with Gasteiger partial charge in [0, 0.05) is 12.1 Å². The van der Waals surface area contributed by atoms with Gasteiger partial charge < -0.3 is 10.1 Å². The van der Waals surface area contributed by atoms with E-state index in [4.69, 9.17) is 0 Å². The molecule has 46 heavy (non-hydrogen) atoms. The summed E-state index contributed by atoms with van der Waals surface area (Å²) in [5, 5.41) is 7.76. The van der Waals surface area contributed by atoms with Gasteiger partial charge in [-0.2, -0.15) is 4.99 Å². The molecule has 6 rings (SSSR count). The fourth-order valence-electron chi connectivity index (χ4n) is 5.44. The number of benzene rings is 3. The van der Waals surface area contributed by atoms with Crippen LogP contribution in [0.4, 0.5) is 23.7 Å². The minimum atomic E-state index is -4.75. The number of hydrogen-bond donors (Lipinski definition) is 1. The normalized spacial score (nSPS) is 18.8. The van der Waals surface area contributed by atoms with Crippen LogP contribution in [0.1, 0.15) is 48.8 Å². The fourth-order valence-corrected chi connectivity index (χ4v) is 6.30. The predicted octanol–water partition coefficient (Wildman–Crippen LogP) is 7.21. The molecule has 3 amide bonds. The van der Waals surface area contributed by atoms with Crippen LogP contribution in [0.25, 0.3) is 17.1 Å². The molecule has 3 aromatic carbocycles. The number of aromatic nitrogens is 3. The van der Waals surface area contributed by atoms with Gasteiger partial charge in [0.2, 0.25) is 5.91 Å². The van der Waals surface area contributed by atoms with Crippen LogP contribution in [0.5, 0.6) is 5.75 Å². The average molecular weight is 649 g/mol. The van der Waals surface area contributed by atoms with Crippen molar-refractivity contribution in [2.24, 2.45) is 10.9 Å². The molecule has 2 fully saturated rings. The smallest absolute Gasteiger partial charge is 0.406 e. The summed E-state index contributed by atoms with van der Waals surface area (Å²) in [6.07, 6.45) is -2.33. The molecule has 1 N–H and O–H groups in total. The third-order valence-corrected chi connectivity index (χ3v) is 8.80. The highest BCUT2D eigenvalue weighted by molar-refractivity contribution is 8.15. The predicted molar refractivity (Wildman–Crippen MR) is 170 cm³/mol. The first-order valence-electron chi connectivity index (χ1n) is 14.8. The second-order valence-electron chi connectivity index (χ2n) is 11.6. The van der Waals surface area contributed by atoms with Gasteiger partial charge in [0.25, 0.3) is 0 Å². The van der Waals surface area contributed by atoms with Crippen LogP contribution in [0.15, 0.2) is 78.0 Å². The van der Waals surface area contributed by atoms with E-state index in [1.165, 1.54) is 47.0 Å². The van der Waals surface area contributed by atoms with E-state index in [0.717, 1.165) is 34.4 Å². The Morgan fingerprint density at radius 1 is 1.11 bits per heavy atom. The standard InChI is InChI=1S/C33H31F3N6O3S/c1-19(2)26-13-4-20(3)14-28(26)42-29(43)17-46-32(42)39-31(44)37-16-23-15-27(23)21-5-7-22(8-6-21)30-38-18-41(40-30)24-9-11-25(12-10-24)45-33(34,35)36/h4-14,18-19,23,27H,15-17H2,1-3H3,(H,37,44)/b39-32-. The van der Waals surface area contributed by atoms with Crippen molar-refractivity contribution in [3.05, 3.63) is 89.7 Å². The maximum absolute atomic E-state index is 12.8. The Morgan fingerprint density at radius 3 is 2.54 bits per heavy atom. The van der Waals surface area contributed by atoms with Gasteiger partial charge >= 0.3 is 12.4 Å². The number of nitrogens with zero attached hydrogens (tertiary/aromatic N) is 5. The number of hydrogen-bond acceptors (Lipinski definition) is 6. The largest absolute Gasteiger partial charge is 0.573 e. The number of carbonyl (C=O) groups is 2. The van der Waals surface area contributed by atoms with Gasteiger partial charge in [-0.05, 0) is 78.1 Å². The third-order valence-electron chi connectivity index (χ3n) is 7.87. The molecular formula is C33H31F3N6O3S. The number of urea groups is 1. The number of amidine groups is 1. The van der Waals surface area contributed by atoms with Crippen molar-refractivity contribution in [2.45, 2.75) is 45.4 Å². The van der Waals surface area contributed by atoms with E-state index >= 15 is 0 Å². The second kappa shape index (κ2) is 12.6. The number of halogens is 3. The highest BCUT2D eigenvalue weighted by Gasteiger charge is 2.38. The number of alkyl halides is 3. The van der Waals surface area contributed by atoms with Crippen molar-refractivity contribution in [2.75, 3.05) is 17.2 Å². The van der Waals surface area contributed by atoms with Gasteiger partial charge in [-0.15, -0.1) is 18.3 Å². The van der Waals surface area contributed by atoms with Crippen LogP contribution >= 0.6 is 11.8 Å². The van der Waals surface area contributed by atoms with Gasteiger partial charge in [0.15, 0.2) is 11.0 Å². The summed E-state index contributed by atoms with van der Waals surface area (Å²) in [4.78, 5) is 35.8. The Balaban J connectivity index is 1.04. The van der Waals surface area contributed by atoms with Gasteiger partial charge in [0.05, 0.1) is 17.1 Å². The topological polar surface area (TPSA) is 102 Å². The lowest BCUT2D eigenvalue weighted by atomic mass is 9.99. The van der Waals surface area contributed by atoms with Crippen molar-refractivity contribution in [3.8, 4) is 22.8 Å². The van der Waals surface area contributed by atoms with Crippen LogP contribution in [0, 0.1) is 12.8 Å². The molecule has 2 atom stereocenters. The fraction of sp³-hybridized carbons (Fsp3) is 0.303. The van der Waals surface area contributed by atoms with E-state index in [1.54, 1.807) is 4.90 Å². The van der Waals surface area contributed by atoms with Crippen molar-refractivity contribution in [1.29, 1.82) is 0 Å². The van der Waals surface area contributed by atoms with Gasteiger partial charge in [-0.25, -0.2) is 14.5 Å². The first-order chi connectivity index (χ1) is 21.9. The van der Waals surface area contributed by atoms with Crippen LogP contribution in [-0.2, 0) is 4.79 Å². The molecule has 1 aliphatic heterocycles. The molecule has 0 spiro atoms. The first kappa shape index (κ1) is 31.3. The molecule has 1 saturated heterocycles. The van der Waals surface area contributed by atoms with Crippen molar-refractivity contribution in [1.82, 2.24) is 20.1 Å². The SMILES string of the molecule is Cc1ccc(C(C)C)c(N2C(=O)CS/C2=N\C(=O)NCC2CC2c2ccc(-c3ncn(-c4ccc(OC(F)(F)F)cc4)n3)cc2)c1. The van der Waals surface area contributed by atoms with E-state index < -0.39 is 12.4 Å². The maximum Gasteiger partial charge on any atom is 0.573 e. The Bertz CT molecular complexity index is 1790. The molecule has 1 aliphatic carbocycles. The van der Waals surface area contributed by atoms with E-state index in [0.29, 0.717) is 29.1 Å². The summed E-state index contributed by atoms with van der Waals surface area (Å²) in [5.41, 5.74) is 5.30. The molecule has 13 heteroatoms. The van der Waals surface area contributed by atoms with E-state index in [-0.39, 0.29) is 29.2 Å². The molecule has 4 aromatic rings. The number of anilines is 1. The Kier molecular flexibility index (Phi) is 8.60. The molecule has 2 heterocycles. The molecule has 0 radical (unpaired) electrons. The lowest BCUT2D eigenvalue weighted by Gasteiger charge is -2.22. The number of carbonyl (C=O) groups excluding carboxylic acids is 2. The summed E-state index contributed by atoms with van der Waals surface area (Å²) in [5.74, 6) is 1.08. The third kappa shape index (κ3) is 7.09. The number of thioether (sulfide) groups is 1. The lowest BCUT2D eigenvalue weighted by molar-refractivity contribution is -0.274. The highest BCUT2D eigenvalue weighted by Crippen LogP contribution is 2.47. The highest BCUT2D eigenvalue weighted by atomic mass is 32.2. The minimum absolute atomic E-state index is 0.0923. The molecule has 9 nitrogen and oxygen atoms in total. The van der Waals surface area contributed by atoms with E-state index in [2.05, 4.69) is 39.0 Å². The number of aryl methyl sites for hydroxylation is 1. The second-order valence-corrected chi connectivity index (χ2v) is 12.5. The average Bonchev–Trinajstić information content (AvgIpc) is 3.45. The molecule has 1 aromatic heterocycles. The molecule has 238 valence electrons. The molecule has 2 aliphatic rings. The van der Waals surface area contributed by atoms with Crippen LogP contribution in [0.3, 0.4) is 0 Å². The quantitative estimate of drug-likeness (QED) is 0.217. The van der Waals surface area contributed by atoms with Crippen molar-refractivity contribution in [3.63, 3.8) is 0 Å². The molecule has 0 bridgehead atoms. The number of amides is 3. The zero-order valence-corrected chi connectivity index (χ0v) is 26.1. The number of aliphatic imine (C=N–C) groups is 1. The molecule has 1 saturated carbocycles. The van der Waals surface area contributed by atoms with Crippen molar-refractivity contribution >= 4 is 34.6 Å². The lowest BCUT2D eigenvalue weighted by Crippen LogP contribution is -2.32. The first-order valence-corrected chi connectivity index (χ1v) is 15.7. The zero-order chi connectivity index (χ0) is 32.6. The van der Waals surface area contributed by atoms with Crippen LogP contribution in [-0.4, -0.2) is 50.5 Å². The number of ether oxygens (including phenoxy) is 1. The Hall–Kier alpha value is -4.65. The van der Waals surface area contributed by atoms with E-state index in [1.807, 2.05) is 49.4 Å². The monoisotopic (exact) mass is 648 g/mol. The van der Waals surface area contributed by atoms with Gasteiger partial charge in [-0.1, -0.05) is 62.0 Å². The Labute approximate surface area is 267 Å². The summed E-state index contributed by atoms with van der Waals surface area (Å²) in [7, 11) is 0. The minimum Gasteiger partial charge on any atom is -0.406 e. The van der Waals surface area contributed by atoms with Gasteiger partial charge in [0.1, 0.15) is 12.1 Å². The summed E-state index contributed by atoms with van der Waals surface area (Å²) < 4.78 is 42.7. The summed E-state index contributed by atoms with van der Waals surface area (Å²) in [6.45, 7) is 6.59. The Morgan fingerprint density at radius 2 is 1.85 bits per heavy atom.